The molecule has 0 bridgehead atoms. The predicted molar refractivity (Wildman–Crippen MR) is 66.8 cm³/mol. The van der Waals surface area contributed by atoms with Crippen molar-refractivity contribution in [2.45, 2.75) is 32.1 Å². The summed E-state index contributed by atoms with van der Waals surface area (Å²) in [6.07, 6.45) is 6.15. The minimum absolute atomic E-state index is 1.02. The van der Waals surface area contributed by atoms with Crippen LogP contribution in [0.1, 0.15) is 30.6 Å². The van der Waals surface area contributed by atoms with E-state index < -0.39 is 0 Å². The molecule has 0 amide bonds. The van der Waals surface area contributed by atoms with Crippen LogP contribution >= 0.6 is 11.3 Å². The standard InChI is InChI=1S/C12H18N2S/c1-2-6-12(13-8-3-1)14-9-7-11-5-4-10-15-11/h4-5,10H,1-3,6-9H2,(H,13,14). The van der Waals surface area contributed by atoms with Crippen LogP contribution in [0.4, 0.5) is 0 Å². The van der Waals surface area contributed by atoms with Crippen molar-refractivity contribution in [3.8, 4) is 0 Å². The number of hydrogen-bond acceptors (Lipinski definition) is 3. The molecular formula is C12H18N2S. The predicted octanol–water partition coefficient (Wildman–Crippen LogP) is 2.85. The van der Waals surface area contributed by atoms with E-state index >= 15 is 0 Å². The van der Waals surface area contributed by atoms with Crippen molar-refractivity contribution in [2.24, 2.45) is 4.99 Å². The first-order valence-electron chi connectivity index (χ1n) is 5.75. The summed E-state index contributed by atoms with van der Waals surface area (Å²) in [7, 11) is 0. The molecule has 0 aliphatic carbocycles. The van der Waals surface area contributed by atoms with Crippen molar-refractivity contribution in [1.29, 1.82) is 0 Å². The van der Waals surface area contributed by atoms with Gasteiger partial charge in [-0.25, -0.2) is 0 Å². The van der Waals surface area contributed by atoms with E-state index in [1.54, 1.807) is 0 Å². The van der Waals surface area contributed by atoms with E-state index in [0.29, 0.717) is 0 Å². The number of amidine groups is 1. The van der Waals surface area contributed by atoms with Gasteiger partial charge in [0.1, 0.15) is 0 Å². The summed E-state index contributed by atoms with van der Waals surface area (Å²) in [6.45, 7) is 2.04. The highest BCUT2D eigenvalue weighted by Crippen LogP contribution is 2.09. The molecule has 3 heteroatoms. The number of hydrogen-bond donors (Lipinski definition) is 1. The number of nitrogens with one attached hydrogen (secondary N) is 1. The Morgan fingerprint density at radius 2 is 2.33 bits per heavy atom. The summed E-state index contributed by atoms with van der Waals surface area (Å²) in [5, 5.41) is 5.59. The molecule has 15 heavy (non-hydrogen) atoms. The molecule has 0 radical (unpaired) electrons. The maximum atomic E-state index is 4.55. The first kappa shape index (κ1) is 10.7. The van der Waals surface area contributed by atoms with E-state index in [9.17, 15) is 0 Å². The van der Waals surface area contributed by atoms with E-state index in [0.717, 1.165) is 25.9 Å². The van der Waals surface area contributed by atoms with Gasteiger partial charge in [0.25, 0.3) is 0 Å². The van der Waals surface area contributed by atoms with Gasteiger partial charge in [-0.3, -0.25) is 4.99 Å². The lowest BCUT2D eigenvalue weighted by atomic mass is 10.2. The first-order valence-corrected chi connectivity index (χ1v) is 6.63. The van der Waals surface area contributed by atoms with E-state index in [-0.39, 0.29) is 0 Å². The number of thiophene rings is 1. The zero-order valence-corrected chi connectivity index (χ0v) is 9.85. The van der Waals surface area contributed by atoms with Crippen molar-refractivity contribution in [3.63, 3.8) is 0 Å². The average molecular weight is 222 g/mol. The third-order valence-electron chi connectivity index (χ3n) is 2.65. The number of aliphatic imine (C=N–C) groups is 1. The van der Waals surface area contributed by atoms with Crippen molar-refractivity contribution in [2.75, 3.05) is 13.1 Å². The van der Waals surface area contributed by atoms with Gasteiger partial charge in [0.2, 0.25) is 0 Å². The number of rotatable bonds is 3. The highest BCUT2D eigenvalue weighted by atomic mass is 32.1. The van der Waals surface area contributed by atoms with Gasteiger partial charge in [0, 0.05) is 24.4 Å². The summed E-state index contributed by atoms with van der Waals surface area (Å²) in [5.41, 5.74) is 0. The van der Waals surface area contributed by atoms with E-state index in [2.05, 4.69) is 27.8 Å². The largest absolute Gasteiger partial charge is 0.373 e. The lowest BCUT2D eigenvalue weighted by molar-refractivity contribution is 0.728. The van der Waals surface area contributed by atoms with Crippen LogP contribution < -0.4 is 5.32 Å². The molecule has 0 unspecified atom stereocenters. The molecular weight excluding hydrogens is 204 g/mol. The Kier molecular flexibility index (Phi) is 4.21. The summed E-state index contributed by atoms with van der Waals surface area (Å²) in [5.74, 6) is 1.23. The summed E-state index contributed by atoms with van der Waals surface area (Å²) >= 11 is 1.83. The molecule has 0 fully saturated rings. The van der Waals surface area contributed by atoms with Crippen LogP contribution in [0.5, 0.6) is 0 Å². The molecule has 1 aromatic rings. The lowest BCUT2D eigenvalue weighted by Gasteiger charge is -2.06. The van der Waals surface area contributed by atoms with Crippen LogP contribution in [-0.4, -0.2) is 18.9 Å². The summed E-state index contributed by atoms with van der Waals surface area (Å²) in [4.78, 5) is 6.01. The molecule has 0 spiro atoms. The molecule has 1 N–H and O–H groups in total. The molecule has 0 atom stereocenters. The Bertz CT molecular complexity index is 303. The van der Waals surface area contributed by atoms with Gasteiger partial charge in [-0.15, -0.1) is 11.3 Å². The Hall–Kier alpha value is -0.830. The van der Waals surface area contributed by atoms with E-state index in [1.807, 2.05) is 11.3 Å². The molecule has 0 saturated heterocycles. The average Bonchev–Trinajstić information content (AvgIpc) is 2.62. The lowest BCUT2D eigenvalue weighted by Crippen LogP contribution is -2.25. The Balaban J connectivity index is 1.70. The molecule has 0 aromatic carbocycles. The maximum Gasteiger partial charge on any atom is 0.0963 e. The second-order valence-electron chi connectivity index (χ2n) is 3.90. The molecule has 1 aromatic heterocycles. The molecule has 1 aliphatic heterocycles. The highest BCUT2D eigenvalue weighted by Gasteiger charge is 2.03. The van der Waals surface area contributed by atoms with Crippen molar-refractivity contribution in [1.82, 2.24) is 5.32 Å². The van der Waals surface area contributed by atoms with Crippen LogP contribution in [0.15, 0.2) is 22.5 Å². The van der Waals surface area contributed by atoms with Crippen molar-refractivity contribution >= 4 is 17.2 Å². The minimum Gasteiger partial charge on any atom is -0.373 e. The van der Waals surface area contributed by atoms with Gasteiger partial charge >= 0.3 is 0 Å². The molecule has 82 valence electrons. The van der Waals surface area contributed by atoms with Crippen LogP contribution in [-0.2, 0) is 6.42 Å². The van der Waals surface area contributed by atoms with E-state index in [4.69, 9.17) is 0 Å². The molecule has 2 heterocycles. The molecule has 0 saturated carbocycles. The summed E-state index contributed by atoms with van der Waals surface area (Å²) in [6, 6.07) is 4.31. The van der Waals surface area contributed by atoms with Crippen LogP contribution in [0.25, 0.3) is 0 Å². The Labute approximate surface area is 95.4 Å². The zero-order chi connectivity index (χ0) is 10.3. The van der Waals surface area contributed by atoms with Gasteiger partial charge in [-0.1, -0.05) is 12.5 Å². The quantitative estimate of drug-likeness (QED) is 0.835. The third-order valence-corrected chi connectivity index (χ3v) is 3.59. The second kappa shape index (κ2) is 5.91. The molecule has 1 aliphatic rings. The monoisotopic (exact) mass is 222 g/mol. The fourth-order valence-corrected chi connectivity index (χ4v) is 2.51. The minimum atomic E-state index is 1.02. The van der Waals surface area contributed by atoms with Crippen LogP contribution in [0.3, 0.4) is 0 Å². The zero-order valence-electron chi connectivity index (χ0n) is 9.04. The van der Waals surface area contributed by atoms with E-state index in [1.165, 1.54) is 30.0 Å². The Morgan fingerprint density at radius 1 is 1.33 bits per heavy atom. The topological polar surface area (TPSA) is 24.4 Å². The third kappa shape index (κ3) is 3.67. The van der Waals surface area contributed by atoms with Crippen LogP contribution in [0, 0.1) is 0 Å². The number of nitrogens with zero attached hydrogens (tertiary/aromatic N) is 1. The molecule has 2 rings (SSSR count). The van der Waals surface area contributed by atoms with Gasteiger partial charge in [0.05, 0.1) is 5.84 Å². The van der Waals surface area contributed by atoms with Crippen molar-refractivity contribution < 1.29 is 0 Å². The maximum absolute atomic E-state index is 4.55. The SMILES string of the molecule is c1csc(CCNC2=NCCCCC2)c1. The fourth-order valence-electron chi connectivity index (χ4n) is 1.80. The highest BCUT2D eigenvalue weighted by molar-refractivity contribution is 7.09. The smallest absolute Gasteiger partial charge is 0.0963 e. The second-order valence-corrected chi connectivity index (χ2v) is 4.93. The van der Waals surface area contributed by atoms with Gasteiger partial charge in [-0.2, -0.15) is 0 Å². The van der Waals surface area contributed by atoms with Gasteiger partial charge in [0.15, 0.2) is 0 Å². The summed E-state index contributed by atoms with van der Waals surface area (Å²) < 4.78 is 0. The Morgan fingerprint density at radius 3 is 3.20 bits per heavy atom. The van der Waals surface area contributed by atoms with Crippen LogP contribution in [0.2, 0.25) is 0 Å². The van der Waals surface area contributed by atoms with Gasteiger partial charge in [-0.05, 0) is 30.7 Å². The molecule has 2 nitrogen and oxygen atoms in total. The fraction of sp³-hybridized carbons (Fsp3) is 0.583. The normalized spacial score (nSPS) is 16.9. The van der Waals surface area contributed by atoms with Crippen molar-refractivity contribution in [3.05, 3.63) is 22.4 Å². The van der Waals surface area contributed by atoms with Gasteiger partial charge < -0.3 is 5.32 Å². The first-order chi connectivity index (χ1) is 7.45.